The summed E-state index contributed by atoms with van der Waals surface area (Å²) in [6.45, 7) is 5.08. The summed E-state index contributed by atoms with van der Waals surface area (Å²) in [6, 6.07) is 3.36. The Labute approximate surface area is 106 Å². The lowest BCUT2D eigenvalue weighted by atomic mass is 10.1. The van der Waals surface area contributed by atoms with Crippen molar-refractivity contribution in [3.63, 3.8) is 0 Å². The summed E-state index contributed by atoms with van der Waals surface area (Å²) in [6.07, 6.45) is 4.96. The van der Waals surface area contributed by atoms with Crippen LogP contribution in [0.4, 0.5) is 10.1 Å². The molecule has 1 rings (SSSR count). The molecule has 0 aliphatic carbocycles. The quantitative estimate of drug-likeness (QED) is 0.735. The third kappa shape index (κ3) is 4.12. The van der Waals surface area contributed by atoms with E-state index in [-0.39, 0.29) is 5.82 Å². The molecule has 0 amide bonds. The van der Waals surface area contributed by atoms with Gasteiger partial charge in [-0.15, -0.1) is 0 Å². The first kappa shape index (κ1) is 13.5. The van der Waals surface area contributed by atoms with Gasteiger partial charge in [0.1, 0.15) is 5.82 Å². The molecule has 0 radical (unpaired) electrons. The molecule has 0 spiro atoms. The van der Waals surface area contributed by atoms with Crippen LogP contribution < -0.4 is 5.32 Å². The normalized spacial score (nSPS) is 10.5. The van der Waals surface area contributed by atoms with E-state index in [1.807, 2.05) is 13.0 Å². The molecule has 0 heterocycles. The molecule has 0 bridgehead atoms. The first-order valence-corrected chi connectivity index (χ1v) is 6.64. The maximum atomic E-state index is 13.2. The molecule has 0 aliphatic heterocycles. The Bertz CT molecular complexity index is 339. The van der Waals surface area contributed by atoms with E-state index < -0.39 is 0 Å². The Hall–Kier alpha value is -0.570. The Kier molecular flexibility index (Phi) is 5.81. The van der Waals surface area contributed by atoms with Gasteiger partial charge in [-0.25, -0.2) is 4.39 Å². The highest BCUT2D eigenvalue weighted by molar-refractivity contribution is 9.10. The van der Waals surface area contributed by atoms with Crippen LogP contribution in [0.25, 0.3) is 0 Å². The molecular weight excluding hydrogens is 269 g/mol. The van der Waals surface area contributed by atoms with E-state index in [1.165, 1.54) is 25.7 Å². The fourth-order valence-electron chi connectivity index (χ4n) is 1.61. The molecule has 0 atom stereocenters. The number of hydrogen-bond acceptors (Lipinski definition) is 1. The minimum Gasteiger partial charge on any atom is -0.385 e. The Morgan fingerprint density at radius 1 is 1.25 bits per heavy atom. The predicted molar refractivity (Wildman–Crippen MR) is 71.5 cm³/mol. The third-order valence-corrected chi connectivity index (χ3v) is 3.22. The molecule has 1 aromatic carbocycles. The van der Waals surface area contributed by atoms with Crippen molar-refractivity contribution in [2.24, 2.45) is 0 Å². The minimum absolute atomic E-state index is 0.200. The van der Waals surface area contributed by atoms with Gasteiger partial charge in [0.05, 0.1) is 4.47 Å². The van der Waals surface area contributed by atoms with Crippen LogP contribution in [0.2, 0.25) is 0 Å². The first-order valence-electron chi connectivity index (χ1n) is 5.84. The second-order valence-corrected chi connectivity index (χ2v) is 4.92. The van der Waals surface area contributed by atoms with Crippen LogP contribution in [0, 0.1) is 12.7 Å². The van der Waals surface area contributed by atoms with Crippen LogP contribution in [0.5, 0.6) is 0 Å². The number of nitrogens with one attached hydrogen (secondary N) is 1. The molecule has 0 fully saturated rings. The average molecular weight is 288 g/mol. The number of hydrogen-bond donors (Lipinski definition) is 1. The van der Waals surface area contributed by atoms with Gasteiger partial charge < -0.3 is 5.32 Å². The molecule has 90 valence electrons. The molecule has 1 aromatic rings. The molecule has 1 N–H and O–H groups in total. The summed E-state index contributed by atoms with van der Waals surface area (Å²) in [5.74, 6) is -0.200. The van der Waals surface area contributed by atoms with Crippen molar-refractivity contribution >= 4 is 21.6 Å². The number of aryl methyl sites for hydroxylation is 1. The van der Waals surface area contributed by atoms with Gasteiger partial charge in [0.15, 0.2) is 0 Å². The average Bonchev–Trinajstić information content (AvgIpc) is 2.25. The van der Waals surface area contributed by atoms with E-state index >= 15 is 0 Å². The van der Waals surface area contributed by atoms with Gasteiger partial charge in [0, 0.05) is 12.2 Å². The van der Waals surface area contributed by atoms with Crippen molar-refractivity contribution in [1.82, 2.24) is 0 Å². The summed E-state index contributed by atoms with van der Waals surface area (Å²) in [5, 5.41) is 3.34. The SMILES string of the molecule is CCCCCCNc1cc(Br)c(F)cc1C. The van der Waals surface area contributed by atoms with Crippen LogP contribution in [-0.2, 0) is 0 Å². The molecule has 16 heavy (non-hydrogen) atoms. The van der Waals surface area contributed by atoms with E-state index in [0.29, 0.717) is 4.47 Å². The van der Waals surface area contributed by atoms with Gasteiger partial charge in [0.25, 0.3) is 0 Å². The Morgan fingerprint density at radius 3 is 2.69 bits per heavy atom. The number of benzene rings is 1. The monoisotopic (exact) mass is 287 g/mol. The molecule has 1 nitrogen and oxygen atoms in total. The first-order chi connectivity index (χ1) is 7.65. The highest BCUT2D eigenvalue weighted by Gasteiger charge is 2.04. The Morgan fingerprint density at radius 2 is 2.00 bits per heavy atom. The molecule has 3 heteroatoms. The van der Waals surface area contributed by atoms with E-state index in [2.05, 4.69) is 28.2 Å². The van der Waals surface area contributed by atoms with Crippen LogP contribution in [-0.4, -0.2) is 6.54 Å². The van der Waals surface area contributed by atoms with Crippen molar-refractivity contribution in [1.29, 1.82) is 0 Å². The second kappa shape index (κ2) is 6.89. The van der Waals surface area contributed by atoms with Gasteiger partial charge in [-0.2, -0.15) is 0 Å². The van der Waals surface area contributed by atoms with Crippen molar-refractivity contribution in [3.05, 3.63) is 28.0 Å². The van der Waals surface area contributed by atoms with Crippen LogP contribution in [0.3, 0.4) is 0 Å². The maximum Gasteiger partial charge on any atom is 0.137 e. The zero-order valence-corrected chi connectivity index (χ0v) is 11.5. The van der Waals surface area contributed by atoms with Gasteiger partial charge in [-0.3, -0.25) is 0 Å². The van der Waals surface area contributed by atoms with E-state index in [4.69, 9.17) is 0 Å². The summed E-state index contributed by atoms with van der Waals surface area (Å²) in [7, 11) is 0. The highest BCUT2D eigenvalue weighted by atomic mass is 79.9. The van der Waals surface area contributed by atoms with Crippen molar-refractivity contribution < 1.29 is 4.39 Å². The van der Waals surface area contributed by atoms with E-state index in [1.54, 1.807) is 6.07 Å². The number of rotatable bonds is 6. The van der Waals surface area contributed by atoms with Crippen molar-refractivity contribution in [2.75, 3.05) is 11.9 Å². The second-order valence-electron chi connectivity index (χ2n) is 4.07. The van der Waals surface area contributed by atoms with Crippen LogP contribution in [0.15, 0.2) is 16.6 Å². The standard InChI is InChI=1S/C13H19BrFN/c1-3-4-5-6-7-16-13-9-11(14)12(15)8-10(13)2/h8-9,16H,3-7H2,1-2H3. The smallest absolute Gasteiger partial charge is 0.137 e. The van der Waals surface area contributed by atoms with Crippen molar-refractivity contribution in [3.8, 4) is 0 Å². The molecule has 0 saturated carbocycles. The van der Waals surface area contributed by atoms with Gasteiger partial charge in [-0.05, 0) is 47.0 Å². The van der Waals surface area contributed by atoms with Gasteiger partial charge >= 0.3 is 0 Å². The number of halogens is 2. The molecule has 0 saturated heterocycles. The molecular formula is C13H19BrFN. The molecule has 0 aliphatic rings. The molecule has 0 aromatic heterocycles. The number of unbranched alkanes of at least 4 members (excludes halogenated alkanes) is 3. The lowest BCUT2D eigenvalue weighted by Gasteiger charge is -2.10. The van der Waals surface area contributed by atoms with Gasteiger partial charge in [-0.1, -0.05) is 26.2 Å². The predicted octanol–water partition coefficient (Wildman–Crippen LogP) is 4.89. The summed E-state index contributed by atoms with van der Waals surface area (Å²) in [4.78, 5) is 0. The van der Waals surface area contributed by atoms with E-state index in [9.17, 15) is 4.39 Å². The summed E-state index contributed by atoms with van der Waals surface area (Å²) in [5.41, 5.74) is 1.97. The van der Waals surface area contributed by atoms with Crippen LogP contribution in [0.1, 0.15) is 38.2 Å². The lowest BCUT2D eigenvalue weighted by Crippen LogP contribution is -2.03. The zero-order valence-electron chi connectivity index (χ0n) is 9.95. The fourth-order valence-corrected chi connectivity index (χ4v) is 1.95. The largest absolute Gasteiger partial charge is 0.385 e. The van der Waals surface area contributed by atoms with Crippen LogP contribution >= 0.6 is 15.9 Å². The lowest BCUT2D eigenvalue weighted by molar-refractivity contribution is 0.620. The summed E-state index contributed by atoms with van der Waals surface area (Å²) < 4.78 is 13.7. The van der Waals surface area contributed by atoms with Gasteiger partial charge in [0.2, 0.25) is 0 Å². The minimum atomic E-state index is -0.200. The fraction of sp³-hybridized carbons (Fsp3) is 0.538. The molecule has 0 unspecified atom stereocenters. The topological polar surface area (TPSA) is 12.0 Å². The highest BCUT2D eigenvalue weighted by Crippen LogP contribution is 2.24. The zero-order chi connectivity index (χ0) is 12.0. The Balaban J connectivity index is 2.45. The third-order valence-electron chi connectivity index (χ3n) is 2.61. The summed E-state index contributed by atoms with van der Waals surface area (Å²) >= 11 is 3.20. The maximum absolute atomic E-state index is 13.2. The van der Waals surface area contributed by atoms with Crippen molar-refractivity contribution in [2.45, 2.75) is 39.5 Å². The van der Waals surface area contributed by atoms with E-state index in [0.717, 1.165) is 17.8 Å². The number of anilines is 1.